The number of benzene rings is 2. The Labute approximate surface area is 153 Å². The third-order valence-corrected chi connectivity index (χ3v) is 6.45. The molecule has 2 aromatic rings. The van der Waals surface area contributed by atoms with E-state index in [1.807, 2.05) is 30.3 Å². The molecule has 0 saturated carbocycles. The predicted octanol–water partition coefficient (Wildman–Crippen LogP) is 3.21. The molecule has 1 unspecified atom stereocenters. The van der Waals surface area contributed by atoms with Gasteiger partial charge in [0.25, 0.3) is 5.91 Å². The SMILES string of the molecule is O=C(c1cccc(Cl)c1)N(CCc1ccccc1)C1CCS(=O)(=O)C1. The highest BCUT2D eigenvalue weighted by molar-refractivity contribution is 7.91. The summed E-state index contributed by atoms with van der Waals surface area (Å²) in [5, 5.41) is 0.493. The van der Waals surface area contributed by atoms with Crippen molar-refractivity contribution >= 4 is 27.3 Å². The van der Waals surface area contributed by atoms with Gasteiger partial charge in [0.15, 0.2) is 9.84 Å². The van der Waals surface area contributed by atoms with Crippen molar-refractivity contribution in [2.45, 2.75) is 18.9 Å². The van der Waals surface area contributed by atoms with Gasteiger partial charge in [-0.1, -0.05) is 48.0 Å². The number of halogens is 1. The average Bonchev–Trinajstić information content (AvgIpc) is 2.95. The van der Waals surface area contributed by atoms with Crippen LogP contribution in [0.4, 0.5) is 0 Å². The van der Waals surface area contributed by atoms with Crippen LogP contribution in [0, 0.1) is 0 Å². The molecule has 1 fully saturated rings. The van der Waals surface area contributed by atoms with Gasteiger partial charge in [-0.25, -0.2) is 8.42 Å². The van der Waals surface area contributed by atoms with Crippen LogP contribution in [0.1, 0.15) is 22.3 Å². The van der Waals surface area contributed by atoms with Crippen molar-refractivity contribution in [2.24, 2.45) is 0 Å². The number of hydrogen-bond donors (Lipinski definition) is 0. The molecule has 1 aliphatic heterocycles. The number of carbonyl (C=O) groups is 1. The van der Waals surface area contributed by atoms with Gasteiger partial charge >= 0.3 is 0 Å². The van der Waals surface area contributed by atoms with Gasteiger partial charge in [-0.15, -0.1) is 0 Å². The second-order valence-electron chi connectivity index (χ2n) is 6.30. The van der Waals surface area contributed by atoms with Crippen molar-refractivity contribution in [1.29, 1.82) is 0 Å². The molecule has 2 aromatic carbocycles. The Morgan fingerprint density at radius 3 is 2.52 bits per heavy atom. The quantitative estimate of drug-likeness (QED) is 0.803. The molecule has 0 radical (unpaired) electrons. The first-order valence-corrected chi connectivity index (χ1v) is 10.5. The van der Waals surface area contributed by atoms with E-state index >= 15 is 0 Å². The Morgan fingerprint density at radius 1 is 1.12 bits per heavy atom. The minimum atomic E-state index is -3.07. The second kappa shape index (κ2) is 7.58. The number of sulfone groups is 1. The minimum Gasteiger partial charge on any atom is -0.334 e. The van der Waals surface area contributed by atoms with Crippen molar-refractivity contribution < 1.29 is 13.2 Å². The van der Waals surface area contributed by atoms with Gasteiger partial charge in [0.2, 0.25) is 0 Å². The topological polar surface area (TPSA) is 54.5 Å². The normalized spacial score (nSPS) is 18.8. The lowest BCUT2D eigenvalue weighted by Crippen LogP contribution is -2.42. The Bertz CT molecular complexity index is 852. The molecule has 0 aromatic heterocycles. The zero-order chi connectivity index (χ0) is 17.9. The number of carbonyl (C=O) groups excluding carboxylic acids is 1. The zero-order valence-corrected chi connectivity index (χ0v) is 15.3. The number of amides is 1. The third kappa shape index (κ3) is 4.61. The summed E-state index contributed by atoms with van der Waals surface area (Å²) >= 11 is 6.00. The van der Waals surface area contributed by atoms with E-state index < -0.39 is 9.84 Å². The molecule has 1 aliphatic rings. The zero-order valence-electron chi connectivity index (χ0n) is 13.8. The monoisotopic (exact) mass is 377 g/mol. The molecule has 25 heavy (non-hydrogen) atoms. The summed E-state index contributed by atoms with van der Waals surface area (Å²) in [5.41, 5.74) is 1.61. The van der Waals surface area contributed by atoms with E-state index in [0.29, 0.717) is 30.0 Å². The highest BCUT2D eigenvalue weighted by Gasteiger charge is 2.34. The van der Waals surface area contributed by atoms with Crippen LogP contribution >= 0.6 is 11.6 Å². The molecule has 0 N–H and O–H groups in total. The molecular formula is C19H20ClNO3S. The van der Waals surface area contributed by atoms with Gasteiger partial charge in [0.05, 0.1) is 11.5 Å². The van der Waals surface area contributed by atoms with Crippen LogP contribution in [-0.2, 0) is 16.3 Å². The van der Waals surface area contributed by atoms with E-state index in [-0.39, 0.29) is 23.5 Å². The number of hydrogen-bond acceptors (Lipinski definition) is 3. The van der Waals surface area contributed by atoms with Crippen LogP contribution in [0.2, 0.25) is 5.02 Å². The summed E-state index contributed by atoms with van der Waals surface area (Å²) in [6, 6.07) is 16.4. The van der Waals surface area contributed by atoms with Crippen molar-refractivity contribution in [3.05, 3.63) is 70.7 Å². The maximum Gasteiger partial charge on any atom is 0.254 e. The third-order valence-electron chi connectivity index (χ3n) is 4.47. The maximum absolute atomic E-state index is 13.0. The van der Waals surface area contributed by atoms with Crippen molar-refractivity contribution in [2.75, 3.05) is 18.1 Å². The summed E-state index contributed by atoms with van der Waals surface area (Å²) < 4.78 is 23.7. The van der Waals surface area contributed by atoms with Gasteiger partial charge in [0, 0.05) is 23.2 Å². The van der Waals surface area contributed by atoms with Crippen LogP contribution in [0.5, 0.6) is 0 Å². The van der Waals surface area contributed by atoms with E-state index in [4.69, 9.17) is 11.6 Å². The van der Waals surface area contributed by atoms with Crippen molar-refractivity contribution in [3.8, 4) is 0 Å². The smallest absolute Gasteiger partial charge is 0.254 e. The molecule has 6 heteroatoms. The fraction of sp³-hybridized carbons (Fsp3) is 0.316. The molecule has 3 rings (SSSR count). The lowest BCUT2D eigenvalue weighted by atomic mass is 10.1. The Hall–Kier alpha value is -1.85. The molecule has 1 atom stereocenters. The summed E-state index contributed by atoms with van der Waals surface area (Å²) in [5.74, 6) is 0.0108. The fourth-order valence-electron chi connectivity index (χ4n) is 3.15. The average molecular weight is 378 g/mol. The van der Waals surface area contributed by atoms with Crippen molar-refractivity contribution in [1.82, 2.24) is 4.90 Å². The van der Waals surface area contributed by atoms with E-state index in [0.717, 1.165) is 5.56 Å². The Kier molecular flexibility index (Phi) is 5.45. The molecule has 1 amide bonds. The summed E-state index contributed by atoms with van der Waals surface area (Å²) in [6.45, 7) is 0.482. The predicted molar refractivity (Wildman–Crippen MR) is 99.7 cm³/mol. The first kappa shape index (κ1) is 18.0. The summed E-state index contributed by atoms with van der Waals surface area (Å²) in [6.07, 6.45) is 1.17. The van der Waals surface area contributed by atoms with Gasteiger partial charge in [-0.2, -0.15) is 0 Å². The lowest BCUT2D eigenvalue weighted by molar-refractivity contribution is 0.0699. The highest BCUT2D eigenvalue weighted by atomic mass is 35.5. The molecule has 132 valence electrons. The van der Waals surface area contributed by atoms with E-state index in [9.17, 15) is 13.2 Å². The lowest BCUT2D eigenvalue weighted by Gasteiger charge is -2.28. The van der Waals surface area contributed by atoms with Crippen LogP contribution in [0.25, 0.3) is 0 Å². The molecule has 0 aliphatic carbocycles. The fourth-order valence-corrected chi connectivity index (χ4v) is 5.07. The number of rotatable bonds is 5. The van der Waals surface area contributed by atoms with Crippen molar-refractivity contribution in [3.63, 3.8) is 0 Å². The van der Waals surface area contributed by atoms with Gasteiger partial charge in [-0.3, -0.25) is 4.79 Å². The first-order valence-electron chi connectivity index (χ1n) is 8.25. The van der Waals surface area contributed by atoms with Crippen LogP contribution in [0.15, 0.2) is 54.6 Å². The Morgan fingerprint density at radius 2 is 1.88 bits per heavy atom. The van der Waals surface area contributed by atoms with Gasteiger partial charge in [0.1, 0.15) is 0 Å². The molecule has 0 spiro atoms. The number of nitrogens with zero attached hydrogens (tertiary/aromatic N) is 1. The van der Waals surface area contributed by atoms with E-state index in [2.05, 4.69) is 0 Å². The summed E-state index contributed by atoms with van der Waals surface area (Å²) in [7, 11) is -3.07. The summed E-state index contributed by atoms with van der Waals surface area (Å²) in [4.78, 5) is 14.7. The second-order valence-corrected chi connectivity index (χ2v) is 8.97. The standard InChI is InChI=1S/C19H20ClNO3S/c20-17-8-4-7-16(13-17)19(22)21(18-10-12-25(23,24)14-18)11-9-15-5-2-1-3-6-15/h1-8,13,18H,9-12,14H2. The van der Waals surface area contributed by atoms with E-state index in [1.165, 1.54) is 0 Å². The van der Waals surface area contributed by atoms with E-state index in [1.54, 1.807) is 29.2 Å². The molecule has 1 heterocycles. The molecular weight excluding hydrogens is 358 g/mol. The Balaban J connectivity index is 1.82. The van der Waals surface area contributed by atoms with Crippen LogP contribution in [0.3, 0.4) is 0 Å². The van der Waals surface area contributed by atoms with Gasteiger partial charge in [-0.05, 0) is 36.6 Å². The maximum atomic E-state index is 13.0. The highest BCUT2D eigenvalue weighted by Crippen LogP contribution is 2.22. The molecule has 1 saturated heterocycles. The molecule has 0 bridgehead atoms. The van der Waals surface area contributed by atoms with Gasteiger partial charge < -0.3 is 4.90 Å². The minimum absolute atomic E-state index is 0.0358. The molecule has 4 nitrogen and oxygen atoms in total. The first-order chi connectivity index (χ1) is 11.9. The largest absolute Gasteiger partial charge is 0.334 e. The van der Waals surface area contributed by atoms with Crippen LogP contribution in [-0.4, -0.2) is 43.3 Å². The van der Waals surface area contributed by atoms with Crippen LogP contribution < -0.4 is 0 Å².